The monoisotopic (exact) mass is 306 g/mol. The summed E-state index contributed by atoms with van der Waals surface area (Å²) in [6.45, 7) is 0.337. The standard InChI is InChI=1S/C14H11BrO3/c15-11-5-3-4-10(8-11)9-18-13-7-2-1-6-12(13)14(16)17/h1-8H,9H2,(H,16,17). The van der Waals surface area contributed by atoms with E-state index < -0.39 is 5.97 Å². The van der Waals surface area contributed by atoms with Crippen LogP contribution in [0.4, 0.5) is 0 Å². The first-order valence-electron chi connectivity index (χ1n) is 5.36. The Kier molecular flexibility index (Phi) is 3.99. The van der Waals surface area contributed by atoms with Crippen molar-refractivity contribution in [3.05, 3.63) is 64.1 Å². The van der Waals surface area contributed by atoms with Gasteiger partial charge in [0.15, 0.2) is 0 Å². The van der Waals surface area contributed by atoms with Gasteiger partial charge in [-0.1, -0.05) is 40.2 Å². The summed E-state index contributed by atoms with van der Waals surface area (Å²) in [5.74, 6) is -0.607. The zero-order chi connectivity index (χ0) is 13.0. The van der Waals surface area contributed by atoms with Crippen molar-refractivity contribution in [3.8, 4) is 5.75 Å². The molecule has 0 saturated carbocycles. The number of hydrogen-bond acceptors (Lipinski definition) is 2. The molecule has 0 fully saturated rings. The smallest absolute Gasteiger partial charge is 0.339 e. The molecule has 0 radical (unpaired) electrons. The fraction of sp³-hybridized carbons (Fsp3) is 0.0714. The van der Waals surface area contributed by atoms with E-state index in [4.69, 9.17) is 9.84 Å². The summed E-state index contributed by atoms with van der Waals surface area (Å²) in [5.41, 5.74) is 1.15. The van der Waals surface area contributed by atoms with Crippen molar-refractivity contribution in [2.24, 2.45) is 0 Å². The highest BCUT2D eigenvalue weighted by molar-refractivity contribution is 9.10. The molecule has 0 aromatic heterocycles. The minimum Gasteiger partial charge on any atom is -0.488 e. The van der Waals surface area contributed by atoms with Crippen molar-refractivity contribution in [1.29, 1.82) is 0 Å². The Hall–Kier alpha value is -1.81. The molecular weight excluding hydrogens is 296 g/mol. The molecule has 0 saturated heterocycles. The number of carboxylic acids is 1. The molecular formula is C14H11BrO3. The molecule has 0 heterocycles. The molecule has 0 aliphatic heterocycles. The Morgan fingerprint density at radius 2 is 1.94 bits per heavy atom. The van der Waals surface area contributed by atoms with E-state index in [9.17, 15) is 4.79 Å². The summed E-state index contributed by atoms with van der Waals surface area (Å²) >= 11 is 3.38. The van der Waals surface area contributed by atoms with Crippen LogP contribution in [0.25, 0.3) is 0 Å². The van der Waals surface area contributed by atoms with Crippen molar-refractivity contribution in [1.82, 2.24) is 0 Å². The van der Waals surface area contributed by atoms with E-state index in [1.807, 2.05) is 24.3 Å². The van der Waals surface area contributed by atoms with Crippen molar-refractivity contribution in [2.75, 3.05) is 0 Å². The van der Waals surface area contributed by atoms with Crippen LogP contribution < -0.4 is 4.74 Å². The number of carbonyl (C=O) groups is 1. The van der Waals surface area contributed by atoms with Gasteiger partial charge in [-0.05, 0) is 29.8 Å². The fourth-order valence-electron chi connectivity index (χ4n) is 1.56. The molecule has 92 valence electrons. The van der Waals surface area contributed by atoms with Crippen LogP contribution in [0.2, 0.25) is 0 Å². The maximum absolute atomic E-state index is 11.0. The van der Waals surface area contributed by atoms with E-state index >= 15 is 0 Å². The van der Waals surface area contributed by atoms with Crippen LogP contribution in [0.3, 0.4) is 0 Å². The van der Waals surface area contributed by atoms with Crippen LogP contribution in [0.1, 0.15) is 15.9 Å². The zero-order valence-electron chi connectivity index (χ0n) is 9.47. The van der Waals surface area contributed by atoms with E-state index in [1.54, 1.807) is 18.2 Å². The van der Waals surface area contributed by atoms with Gasteiger partial charge < -0.3 is 9.84 Å². The molecule has 2 aromatic rings. The number of carboxylic acid groups (broad SMARTS) is 1. The third-order valence-corrected chi connectivity index (χ3v) is 2.89. The van der Waals surface area contributed by atoms with Gasteiger partial charge in [0.05, 0.1) is 0 Å². The van der Waals surface area contributed by atoms with Gasteiger partial charge in [0.2, 0.25) is 0 Å². The number of halogens is 1. The van der Waals surface area contributed by atoms with Crippen LogP contribution in [-0.2, 0) is 6.61 Å². The molecule has 0 bridgehead atoms. The maximum Gasteiger partial charge on any atom is 0.339 e. The van der Waals surface area contributed by atoms with Crippen LogP contribution in [0.5, 0.6) is 5.75 Å². The first-order valence-corrected chi connectivity index (χ1v) is 6.15. The minimum absolute atomic E-state index is 0.174. The van der Waals surface area contributed by atoms with Crippen LogP contribution in [-0.4, -0.2) is 11.1 Å². The third kappa shape index (κ3) is 3.11. The molecule has 18 heavy (non-hydrogen) atoms. The van der Waals surface area contributed by atoms with Crippen LogP contribution >= 0.6 is 15.9 Å². The molecule has 0 unspecified atom stereocenters. The molecule has 0 spiro atoms. The summed E-state index contributed by atoms with van der Waals surface area (Å²) in [4.78, 5) is 11.0. The predicted molar refractivity (Wildman–Crippen MR) is 71.9 cm³/mol. The quantitative estimate of drug-likeness (QED) is 0.936. The zero-order valence-corrected chi connectivity index (χ0v) is 11.1. The fourth-order valence-corrected chi connectivity index (χ4v) is 2.00. The molecule has 0 amide bonds. The Balaban J connectivity index is 2.13. The Labute approximate surface area is 113 Å². The van der Waals surface area contributed by atoms with Gasteiger partial charge in [-0.2, -0.15) is 0 Å². The highest BCUT2D eigenvalue weighted by Crippen LogP contribution is 2.20. The lowest BCUT2D eigenvalue weighted by Gasteiger charge is -2.09. The van der Waals surface area contributed by atoms with Crippen molar-refractivity contribution < 1.29 is 14.6 Å². The molecule has 2 aromatic carbocycles. The maximum atomic E-state index is 11.0. The average molecular weight is 307 g/mol. The van der Waals surface area contributed by atoms with Crippen LogP contribution in [0, 0.1) is 0 Å². The lowest BCUT2D eigenvalue weighted by atomic mass is 10.2. The van der Waals surface area contributed by atoms with Crippen LogP contribution in [0.15, 0.2) is 53.0 Å². The average Bonchev–Trinajstić information content (AvgIpc) is 2.37. The predicted octanol–water partition coefficient (Wildman–Crippen LogP) is 3.73. The third-order valence-electron chi connectivity index (χ3n) is 2.40. The summed E-state index contributed by atoms with van der Waals surface area (Å²) in [6.07, 6.45) is 0. The number of benzene rings is 2. The van der Waals surface area contributed by atoms with Gasteiger partial charge in [0.25, 0.3) is 0 Å². The van der Waals surface area contributed by atoms with Gasteiger partial charge in [0.1, 0.15) is 17.9 Å². The van der Waals surface area contributed by atoms with Gasteiger partial charge in [0, 0.05) is 4.47 Å². The molecule has 4 heteroatoms. The minimum atomic E-state index is -0.986. The Morgan fingerprint density at radius 3 is 2.67 bits per heavy atom. The second-order valence-electron chi connectivity index (χ2n) is 3.72. The SMILES string of the molecule is O=C(O)c1ccccc1OCc1cccc(Br)c1. The Bertz CT molecular complexity index is 566. The molecule has 0 atom stereocenters. The molecule has 0 aliphatic rings. The topological polar surface area (TPSA) is 46.5 Å². The largest absolute Gasteiger partial charge is 0.488 e. The summed E-state index contributed by atoms with van der Waals surface area (Å²) in [7, 11) is 0. The van der Waals surface area contributed by atoms with Gasteiger partial charge in [-0.3, -0.25) is 0 Å². The number of para-hydroxylation sites is 1. The van der Waals surface area contributed by atoms with Crippen molar-refractivity contribution in [3.63, 3.8) is 0 Å². The first-order chi connectivity index (χ1) is 8.66. The lowest BCUT2D eigenvalue weighted by molar-refractivity contribution is 0.0692. The van der Waals surface area contributed by atoms with E-state index in [1.165, 1.54) is 6.07 Å². The summed E-state index contributed by atoms with van der Waals surface area (Å²) < 4.78 is 6.51. The van der Waals surface area contributed by atoms with E-state index in [0.29, 0.717) is 12.4 Å². The van der Waals surface area contributed by atoms with Crippen molar-refractivity contribution >= 4 is 21.9 Å². The summed E-state index contributed by atoms with van der Waals surface area (Å²) in [6, 6.07) is 14.3. The summed E-state index contributed by atoms with van der Waals surface area (Å²) in [5, 5.41) is 9.02. The lowest BCUT2D eigenvalue weighted by Crippen LogP contribution is -2.03. The Morgan fingerprint density at radius 1 is 1.17 bits per heavy atom. The van der Waals surface area contributed by atoms with E-state index in [-0.39, 0.29) is 5.56 Å². The first kappa shape index (κ1) is 12.6. The molecule has 1 N–H and O–H groups in total. The van der Waals surface area contributed by atoms with Crippen molar-refractivity contribution in [2.45, 2.75) is 6.61 Å². The normalized spacial score (nSPS) is 10.1. The molecule has 0 aliphatic carbocycles. The van der Waals surface area contributed by atoms with Gasteiger partial charge >= 0.3 is 5.97 Å². The highest BCUT2D eigenvalue weighted by Gasteiger charge is 2.09. The molecule has 2 rings (SSSR count). The van der Waals surface area contributed by atoms with E-state index in [2.05, 4.69) is 15.9 Å². The van der Waals surface area contributed by atoms with E-state index in [0.717, 1.165) is 10.0 Å². The highest BCUT2D eigenvalue weighted by atomic mass is 79.9. The second kappa shape index (κ2) is 5.69. The molecule has 3 nitrogen and oxygen atoms in total. The number of ether oxygens (including phenoxy) is 1. The van der Waals surface area contributed by atoms with Gasteiger partial charge in [-0.25, -0.2) is 4.79 Å². The number of rotatable bonds is 4. The number of aromatic carboxylic acids is 1. The second-order valence-corrected chi connectivity index (χ2v) is 4.64. The van der Waals surface area contributed by atoms with Gasteiger partial charge in [-0.15, -0.1) is 0 Å². The number of hydrogen-bond donors (Lipinski definition) is 1.